The molecule has 5 heteroatoms. The Bertz CT molecular complexity index is 686. The number of nitrogens with zero attached hydrogens (tertiary/aromatic N) is 3. The summed E-state index contributed by atoms with van der Waals surface area (Å²) < 4.78 is 1.82. The Balaban J connectivity index is 1.53. The quantitative estimate of drug-likeness (QED) is 0.856. The Kier molecular flexibility index (Phi) is 3.45. The molecule has 1 aromatic heterocycles. The zero-order chi connectivity index (χ0) is 15.1. The van der Waals surface area contributed by atoms with E-state index in [1.807, 2.05) is 30.2 Å². The van der Waals surface area contributed by atoms with Crippen LogP contribution in [0.4, 0.5) is 0 Å². The van der Waals surface area contributed by atoms with Gasteiger partial charge in [0.15, 0.2) is 0 Å². The van der Waals surface area contributed by atoms with Crippen LogP contribution in [0.2, 0.25) is 0 Å². The molecule has 0 spiro atoms. The summed E-state index contributed by atoms with van der Waals surface area (Å²) in [4.78, 5) is 16.3. The molecule has 2 aliphatic rings. The molecule has 0 N–H and O–H groups in total. The van der Waals surface area contributed by atoms with E-state index in [0.29, 0.717) is 0 Å². The Morgan fingerprint density at radius 3 is 3.00 bits per heavy atom. The highest BCUT2D eigenvalue weighted by atomic mass is 32.2. The minimum atomic E-state index is 0.0367. The van der Waals surface area contributed by atoms with Crippen molar-refractivity contribution in [3.8, 4) is 0 Å². The first-order chi connectivity index (χ1) is 10.7. The molecule has 22 heavy (non-hydrogen) atoms. The third kappa shape index (κ3) is 2.33. The summed E-state index contributed by atoms with van der Waals surface area (Å²) in [5.74, 6) is 0.285. The number of hydrogen-bond donors (Lipinski definition) is 0. The molecule has 1 aromatic carbocycles. The molecule has 4 rings (SSSR count). The van der Waals surface area contributed by atoms with Crippen LogP contribution in [0.15, 0.2) is 41.6 Å². The number of carbonyl (C=O) groups is 1. The molecule has 0 unspecified atom stereocenters. The molecule has 114 valence electrons. The average molecular weight is 313 g/mol. The van der Waals surface area contributed by atoms with Gasteiger partial charge in [0.2, 0.25) is 5.91 Å². The Morgan fingerprint density at radius 2 is 2.23 bits per heavy atom. The minimum absolute atomic E-state index is 0.0367. The molecule has 4 nitrogen and oxygen atoms in total. The molecule has 2 atom stereocenters. The molecular weight excluding hydrogens is 294 g/mol. The van der Waals surface area contributed by atoms with Gasteiger partial charge >= 0.3 is 0 Å². The number of carbonyl (C=O) groups excluding carboxylic acids is 1. The first-order valence-corrected chi connectivity index (χ1v) is 8.64. The van der Waals surface area contributed by atoms with Crippen LogP contribution in [-0.4, -0.2) is 32.4 Å². The Morgan fingerprint density at radius 1 is 1.36 bits per heavy atom. The van der Waals surface area contributed by atoms with Crippen molar-refractivity contribution in [2.45, 2.75) is 35.4 Å². The van der Waals surface area contributed by atoms with E-state index >= 15 is 0 Å². The predicted molar refractivity (Wildman–Crippen MR) is 86.7 cm³/mol. The molecule has 1 saturated heterocycles. The zero-order valence-electron chi connectivity index (χ0n) is 12.6. The van der Waals surface area contributed by atoms with Crippen molar-refractivity contribution in [1.82, 2.24) is 14.7 Å². The number of hydrogen-bond acceptors (Lipinski definition) is 3. The average Bonchev–Trinajstić information content (AvgIpc) is 3.24. The summed E-state index contributed by atoms with van der Waals surface area (Å²) in [6.45, 7) is 0.867. The van der Waals surface area contributed by atoms with E-state index in [1.165, 1.54) is 10.5 Å². The van der Waals surface area contributed by atoms with Crippen LogP contribution in [0.3, 0.4) is 0 Å². The van der Waals surface area contributed by atoms with E-state index in [0.717, 1.165) is 31.4 Å². The van der Waals surface area contributed by atoms with Gasteiger partial charge in [-0.05, 0) is 30.9 Å². The molecule has 2 aliphatic heterocycles. The van der Waals surface area contributed by atoms with Crippen LogP contribution < -0.4 is 0 Å². The number of thioether (sulfide) groups is 1. The SMILES string of the molecule is Cn1cc([C@H]2CCCN2C(=O)[C@@H]2Cc3ccccc3S2)cn1. The maximum absolute atomic E-state index is 13.0. The number of benzene rings is 1. The maximum atomic E-state index is 13.0. The number of likely N-dealkylation sites (tertiary alicyclic amines) is 1. The highest BCUT2D eigenvalue weighted by Gasteiger charge is 2.37. The van der Waals surface area contributed by atoms with Crippen molar-refractivity contribution in [2.75, 3.05) is 6.54 Å². The third-order valence-corrected chi connectivity index (χ3v) is 5.87. The molecule has 0 bridgehead atoms. The number of rotatable bonds is 2. The number of fused-ring (bicyclic) bond motifs is 1. The van der Waals surface area contributed by atoms with Crippen LogP contribution in [-0.2, 0) is 18.3 Å². The van der Waals surface area contributed by atoms with Crippen molar-refractivity contribution >= 4 is 17.7 Å². The van der Waals surface area contributed by atoms with Crippen LogP contribution in [0.25, 0.3) is 0 Å². The van der Waals surface area contributed by atoms with Crippen LogP contribution in [0.1, 0.15) is 30.0 Å². The van der Waals surface area contributed by atoms with Crippen LogP contribution in [0, 0.1) is 0 Å². The van der Waals surface area contributed by atoms with E-state index < -0.39 is 0 Å². The van der Waals surface area contributed by atoms with Gasteiger partial charge < -0.3 is 4.90 Å². The normalized spacial score (nSPS) is 23.8. The van der Waals surface area contributed by atoms with E-state index in [4.69, 9.17) is 0 Å². The molecule has 0 radical (unpaired) electrons. The molecule has 2 aromatic rings. The van der Waals surface area contributed by atoms with Crippen molar-refractivity contribution in [3.05, 3.63) is 47.8 Å². The summed E-state index contributed by atoms with van der Waals surface area (Å²) in [5.41, 5.74) is 2.47. The van der Waals surface area contributed by atoms with Gasteiger partial charge in [-0.15, -0.1) is 11.8 Å². The predicted octanol–water partition coefficient (Wildman–Crippen LogP) is 2.80. The molecular formula is C17H19N3OS. The largest absolute Gasteiger partial charge is 0.335 e. The number of aryl methyl sites for hydroxylation is 1. The minimum Gasteiger partial charge on any atom is -0.335 e. The fourth-order valence-corrected chi connectivity index (χ4v) is 4.76. The van der Waals surface area contributed by atoms with Gasteiger partial charge in [-0.1, -0.05) is 18.2 Å². The monoisotopic (exact) mass is 313 g/mol. The third-order valence-electron chi connectivity index (χ3n) is 4.57. The molecule has 1 fully saturated rings. The highest BCUT2D eigenvalue weighted by Crippen LogP contribution is 2.40. The lowest BCUT2D eigenvalue weighted by molar-refractivity contribution is -0.131. The van der Waals surface area contributed by atoms with Gasteiger partial charge in [-0.25, -0.2) is 0 Å². The van der Waals surface area contributed by atoms with Crippen molar-refractivity contribution in [1.29, 1.82) is 0 Å². The lowest BCUT2D eigenvalue weighted by Gasteiger charge is -2.26. The molecule has 0 saturated carbocycles. The summed E-state index contributed by atoms with van der Waals surface area (Å²) in [7, 11) is 1.92. The van der Waals surface area contributed by atoms with Gasteiger partial charge in [0, 0.05) is 30.2 Å². The second-order valence-corrected chi connectivity index (χ2v) is 7.30. The fourth-order valence-electron chi connectivity index (χ4n) is 3.49. The van der Waals surface area contributed by atoms with E-state index in [-0.39, 0.29) is 17.2 Å². The van der Waals surface area contributed by atoms with Crippen LogP contribution >= 0.6 is 11.8 Å². The zero-order valence-corrected chi connectivity index (χ0v) is 13.4. The number of amides is 1. The van der Waals surface area contributed by atoms with Gasteiger partial charge in [0.05, 0.1) is 17.5 Å². The lowest BCUT2D eigenvalue weighted by atomic mass is 10.1. The standard InChI is InChI=1S/C17H19N3OS/c1-19-11-13(10-18-19)14-6-4-8-20(14)17(21)16-9-12-5-2-3-7-15(12)22-16/h2-3,5,7,10-11,14,16H,4,6,8-9H2,1H3/t14-,16+/m1/s1. The van der Waals surface area contributed by atoms with Crippen molar-refractivity contribution in [3.63, 3.8) is 0 Å². The lowest BCUT2D eigenvalue weighted by Crippen LogP contribution is -2.37. The second kappa shape index (κ2) is 5.47. The highest BCUT2D eigenvalue weighted by molar-refractivity contribution is 8.01. The molecule has 1 amide bonds. The summed E-state index contributed by atoms with van der Waals surface area (Å²) >= 11 is 1.72. The maximum Gasteiger partial charge on any atom is 0.236 e. The van der Waals surface area contributed by atoms with E-state index in [1.54, 1.807) is 11.8 Å². The van der Waals surface area contributed by atoms with Gasteiger partial charge in [-0.2, -0.15) is 5.10 Å². The van der Waals surface area contributed by atoms with Gasteiger partial charge in [-0.3, -0.25) is 9.48 Å². The van der Waals surface area contributed by atoms with Gasteiger partial charge in [0.25, 0.3) is 0 Å². The van der Waals surface area contributed by atoms with E-state index in [9.17, 15) is 4.79 Å². The summed E-state index contributed by atoms with van der Waals surface area (Å²) in [6.07, 6.45) is 6.91. The number of aromatic nitrogens is 2. The van der Waals surface area contributed by atoms with Crippen molar-refractivity contribution in [2.24, 2.45) is 7.05 Å². The summed E-state index contributed by atoms with van der Waals surface area (Å²) in [6, 6.07) is 8.56. The fraction of sp³-hybridized carbons (Fsp3) is 0.412. The Labute approximate surface area is 134 Å². The Hall–Kier alpha value is -1.75. The van der Waals surface area contributed by atoms with E-state index in [2.05, 4.69) is 28.2 Å². The topological polar surface area (TPSA) is 38.1 Å². The molecule has 3 heterocycles. The first-order valence-electron chi connectivity index (χ1n) is 7.76. The summed E-state index contributed by atoms with van der Waals surface area (Å²) in [5, 5.41) is 4.30. The molecule has 0 aliphatic carbocycles. The van der Waals surface area contributed by atoms with Gasteiger partial charge in [0.1, 0.15) is 0 Å². The van der Waals surface area contributed by atoms with Crippen LogP contribution in [0.5, 0.6) is 0 Å². The second-order valence-electron chi connectivity index (χ2n) is 6.06. The smallest absolute Gasteiger partial charge is 0.236 e. The first kappa shape index (κ1) is 13.9. The van der Waals surface area contributed by atoms with Crippen molar-refractivity contribution < 1.29 is 4.79 Å².